The van der Waals surface area contributed by atoms with Crippen molar-refractivity contribution in [2.75, 3.05) is 13.7 Å². The summed E-state index contributed by atoms with van der Waals surface area (Å²) in [6.45, 7) is 5.03. The van der Waals surface area contributed by atoms with Gasteiger partial charge in [-0.1, -0.05) is 74.5 Å². The van der Waals surface area contributed by atoms with E-state index in [1.807, 2.05) is 78.9 Å². The van der Waals surface area contributed by atoms with Crippen LogP contribution in [-0.4, -0.2) is 25.6 Å². The first kappa shape index (κ1) is 21.3. The number of ether oxygens (including phenoxy) is 2. The minimum Gasteiger partial charge on any atom is -0.493 e. The zero-order chi connectivity index (χ0) is 21.2. The van der Waals surface area contributed by atoms with Crippen molar-refractivity contribution in [2.24, 2.45) is 16.1 Å². The molecule has 0 bridgehead atoms. The van der Waals surface area contributed by atoms with Crippen LogP contribution in [0.25, 0.3) is 0 Å². The number of methoxy groups -OCH3 is 1. The Labute approximate surface area is 178 Å². The molecule has 0 aliphatic heterocycles. The van der Waals surface area contributed by atoms with Crippen molar-refractivity contribution in [1.29, 1.82) is 0 Å². The fourth-order valence-corrected chi connectivity index (χ4v) is 2.92. The molecule has 30 heavy (non-hydrogen) atoms. The normalized spacial score (nSPS) is 10.9. The molecular formula is C26H28N2O2. The van der Waals surface area contributed by atoms with E-state index in [4.69, 9.17) is 9.47 Å². The van der Waals surface area contributed by atoms with E-state index < -0.39 is 0 Å². The van der Waals surface area contributed by atoms with Crippen molar-refractivity contribution in [3.63, 3.8) is 0 Å². The Morgan fingerprint density at radius 3 is 2.07 bits per heavy atom. The third-order valence-electron chi connectivity index (χ3n) is 4.60. The van der Waals surface area contributed by atoms with Gasteiger partial charge >= 0.3 is 0 Å². The molecule has 0 spiro atoms. The van der Waals surface area contributed by atoms with Crippen molar-refractivity contribution in [3.05, 3.63) is 95.6 Å². The third-order valence-corrected chi connectivity index (χ3v) is 4.60. The van der Waals surface area contributed by atoms with Crippen molar-refractivity contribution in [1.82, 2.24) is 0 Å². The molecule has 0 amide bonds. The van der Waals surface area contributed by atoms with Gasteiger partial charge < -0.3 is 9.47 Å². The van der Waals surface area contributed by atoms with Gasteiger partial charge in [0.15, 0.2) is 11.5 Å². The molecule has 4 nitrogen and oxygen atoms in total. The Balaban J connectivity index is 1.81. The first-order valence-electron chi connectivity index (χ1n) is 10.2. The van der Waals surface area contributed by atoms with E-state index in [0.29, 0.717) is 18.3 Å². The largest absolute Gasteiger partial charge is 0.493 e. The molecule has 3 aromatic carbocycles. The highest BCUT2D eigenvalue weighted by molar-refractivity contribution is 6.12. The van der Waals surface area contributed by atoms with E-state index in [1.54, 1.807) is 13.3 Å². The second-order valence-corrected chi connectivity index (χ2v) is 7.37. The molecule has 0 aliphatic carbocycles. The molecule has 0 saturated heterocycles. The molecule has 0 unspecified atom stereocenters. The van der Waals surface area contributed by atoms with Gasteiger partial charge in [-0.2, -0.15) is 5.10 Å². The van der Waals surface area contributed by atoms with Gasteiger partial charge in [0.05, 0.1) is 19.9 Å². The fraction of sp³-hybridized carbons (Fsp3) is 0.231. The molecule has 4 heteroatoms. The molecule has 0 aromatic heterocycles. The minimum absolute atomic E-state index is 0.601. The third kappa shape index (κ3) is 6.05. The molecule has 0 saturated carbocycles. The van der Waals surface area contributed by atoms with Gasteiger partial charge in [-0.15, -0.1) is 5.10 Å². The summed E-state index contributed by atoms with van der Waals surface area (Å²) in [5.74, 6) is 2.04. The summed E-state index contributed by atoms with van der Waals surface area (Å²) in [6.07, 6.45) is 2.73. The number of rotatable bonds is 9. The molecule has 0 heterocycles. The summed E-state index contributed by atoms with van der Waals surface area (Å²) in [4.78, 5) is 0. The summed E-state index contributed by atoms with van der Waals surface area (Å²) in [5.41, 5.74) is 3.76. The summed E-state index contributed by atoms with van der Waals surface area (Å²) in [6, 6.07) is 25.9. The predicted octanol–water partition coefficient (Wildman–Crippen LogP) is 5.99. The topological polar surface area (TPSA) is 43.2 Å². The second-order valence-electron chi connectivity index (χ2n) is 7.37. The van der Waals surface area contributed by atoms with Crippen molar-refractivity contribution < 1.29 is 9.47 Å². The minimum atomic E-state index is 0.601. The predicted molar refractivity (Wildman–Crippen MR) is 124 cm³/mol. The maximum Gasteiger partial charge on any atom is 0.161 e. The Bertz CT molecular complexity index is 939. The van der Waals surface area contributed by atoms with Gasteiger partial charge in [0.25, 0.3) is 0 Å². The summed E-state index contributed by atoms with van der Waals surface area (Å²) < 4.78 is 11.3. The van der Waals surface area contributed by atoms with Gasteiger partial charge in [0, 0.05) is 11.1 Å². The Kier molecular flexibility index (Phi) is 7.78. The fourth-order valence-electron chi connectivity index (χ4n) is 2.92. The number of hydrogen-bond donors (Lipinski definition) is 0. The molecule has 3 rings (SSSR count). The summed E-state index contributed by atoms with van der Waals surface area (Å²) in [7, 11) is 1.65. The van der Waals surface area contributed by atoms with Crippen LogP contribution in [0.4, 0.5) is 0 Å². The first-order valence-corrected chi connectivity index (χ1v) is 10.2. The lowest BCUT2D eigenvalue weighted by Gasteiger charge is -2.12. The van der Waals surface area contributed by atoms with Gasteiger partial charge in [-0.25, -0.2) is 0 Å². The lowest BCUT2D eigenvalue weighted by atomic mass is 10.0. The lowest BCUT2D eigenvalue weighted by Crippen LogP contribution is -2.03. The van der Waals surface area contributed by atoms with Gasteiger partial charge in [-0.3, -0.25) is 0 Å². The summed E-state index contributed by atoms with van der Waals surface area (Å²) >= 11 is 0. The van der Waals surface area contributed by atoms with Crippen LogP contribution in [0.5, 0.6) is 11.5 Å². The first-order chi connectivity index (χ1) is 14.7. The average molecular weight is 401 g/mol. The van der Waals surface area contributed by atoms with E-state index in [-0.39, 0.29) is 0 Å². The maximum absolute atomic E-state index is 5.86. The number of benzene rings is 3. The lowest BCUT2D eigenvalue weighted by molar-refractivity contribution is 0.273. The van der Waals surface area contributed by atoms with E-state index in [2.05, 4.69) is 24.1 Å². The van der Waals surface area contributed by atoms with Crippen molar-refractivity contribution in [2.45, 2.75) is 20.3 Å². The summed E-state index contributed by atoms with van der Waals surface area (Å²) in [5, 5.41) is 8.87. The maximum atomic E-state index is 5.86. The van der Waals surface area contributed by atoms with E-state index in [1.165, 1.54) is 0 Å². The molecular weight excluding hydrogens is 372 g/mol. The quantitative estimate of drug-likeness (QED) is 0.327. The smallest absolute Gasteiger partial charge is 0.161 e. The molecule has 0 N–H and O–H groups in total. The van der Waals surface area contributed by atoms with Crippen LogP contribution in [-0.2, 0) is 0 Å². The van der Waals surface area contributed by atoms with Gasteiger partial charge in [0.2, 0.25) is 0 Å². The molecule has 0 aliphatic rings. The van der Waals surface area contributed by atoms with Crippen LogP contribution >= 0.6 is 0 Å². The zero-order valence-corrected chi connectivity index (χ0v) is 17.8. The molecule has 0 radical (unpaired) electrons. The number of nitrogens with zero attached hydrogens (tertiary/aromatic N) is 2. The van der Waals surface area contributed by atoms with Crippen LogP contribution < -0.4 is 9.47 Å². The Hall–Kier alpha value is -3.40. The zero-order valence-electron chi connectivity index (χ0n) is 17.8. The second kappa shape index (κ2) is 11.0. The highest BCUT2D eigenvalue weighted by atomic mass is 16.5. The van der Waals surface area contributed by atoms with Crippen LogP contribution in [0.1, 0.15) is 37.0 Å². The van der Waals surface area contributed by atoms with Crippen molar-refractivity contribution in [3.8, 4) is 11.5 Å². The highest BCUT2D eigenvalue weighted by Gasteiger charge is 2.07. The van der Waals surface area contributed by atoms with E-state index >= 15 is 0 Å². The SMILES string of the molecule is COc1cc(C=NN=C(c2ccccc2)c2ccccc2)ccc1OCCC(C)C. The van der Waals surface area contributed by atoms with Crippen LogP contribution in [0.3, 0.4) is 0 Å². The van der Waals surface area contributed by atoms with Gasteiger partial charge in [-0.05, 0) is 36.1 Å². The monoisotopic (exact) mass is 400 g/mol. The highest BCUT2D eigenvalue weighted by Crippen LogP contribution is 2.28. The standard InChI is InChI=1S/C26H28N2O2/c1-20(2)16-17-30-24-15-14-21(18-25(24)29-3)19-27-28-26(22-10-6-4-7-11-22)23-12-8-5-9-13-23/h4-15,18-20H,16-17H2,1-3H3. The molecule has 0 atom stereocenters. The Morgan fingerprint density at radius 1 is 0.867 bits per heavy atom. The molecule has 3 aromatic rings. The van der Waals surface area contributed by atoms with Crippen LogP contribution in [0.2, 0.25) is 0 Å². The Morgan fingerprint density at radius 2 is 1.50 bits per heavy atom. The van der Waals surface area contributed by atoms with Gasteiger partial charge in [0.1, 0.15) is 5.71 Å². The van der Waals surface area contributed by atoms with Crippen LogP contribution in [0.15, 0.2) is 89.1 Å². The van der Waals surface area contributed by atoms with Crippen molar-refractivity contribution >= 4 is 11.9 Å². The molecule has 0 fully saturated rings. The number of hydrogen-bond acceptors (Lipinski definition) is 4. The van der Waals surface area contributed by atoms with E-state index in [0.717, 1.165) is 34.6 Å². The molecule has 154 valence electrons. The van der Waals surface area contributed by atoms with Crippen LogP contribution in [0, 0.1) is 5.92 Å². The average Bonchev–Trinajstić information content (AvgIpc) is 2.78. The van der Waals surface area contributed by atoms with E-state index in [9.17, 15) is 0 Å².